The van der Waals surface area contributed by atoms with Crippen LogP contribution >= 0.6 is 11.8 Å². The fraction of sp³-hybridized carbons (Fsp3) is 0.0667. The van der Waals surface area contributed by atoms with E-state index in [0.29, 0.717) is 10.5 Å². The van der Waals surface area contributed by atoms with Crippen molar-refractivity contribution in [1.82, 2.24) is 9.55 Å². The number of para-hydroxylation sites is 2. The molecule has 19 heavy (non-hydrogen) atoms. The van der Waals surface area contributed by atoms with Crippen LogP contribution in [0.2, 0.25) is 0 Å². The third-order valence-electron chi connectivity index (χ3n) is 2.94. The molecule has 94 valence electrons. The summed E-state index contributed by atoms with van der Waals surface area (Å²) in [5.41, 5.74) is 1.56. The maximum atomic E-state index is 12.6. The van der Waals surface area contributed by atoms with E-state index in [1.807, 2.05) is 60.9 Å². The lowest BCUT2D eigenvalue weighted by Gasteiger charge is -2.11. The van der Waals surface area contributed by atoms with Gasteiger partial charge in [0, 0.05) is 0 Å². The van der Waals surface area contributed by atoms with Gasteiger partial charge in [-0.2, -0.15) is 0 Å². The summed E-state index contributed by atoms with van der Waals surface area (Å²) in [6, 6.07) is 17.0. The number of nitrogens with zero attached hydrogens (tertiary/aromatic N) is 2. The van der Waals surface area contributed by atoms with Crippen molar-refractivity contribution in [3.05, 3.63) is 65.0 Å². The summed E-state index contributed by atoms with van der Waals surface area (Å²) in [4.78, 5) is 17.2. The molecule has 4 heteroatoms. The number of hydrogen-bond acceptors (Lipinski definition) is 3. The van der Waals surface area contributed by atoms with E-state index in [9.17, 15) is 4.79 Å². The molecule has 0 radical (unpaired) electrons. The van der Waals surface area contributed by atoms with Crippen LogP contribution in [-0.2, 0) is 0 Å². The van der Waals surface area contributed by atoms with Gasteiger partial charge in [-0.1, -0.05) is 42.1 Å². The zero-order valence-corrected chi connectivity index (χ0v) is 11.2. The van der Waals surface area contributed by atoms with Crippen LogP contribution in [0.1, 0.15) is 0 Å². The Bertz CT molecular complexity index is 781. The van der Waals surface area contributed by atoms with Crippen molar-refractivity contribution in [2.24, 2.45) is 0 Å². The Morgan fingerprint density at radius 2 is 1.68 bits per heavy atom. The second-order valence-electron chi connectivity index (χ2n) is 4.09. The van der Waals surface area contributed by atoms with E-state index in [2.05, 4.69) is 4.98 Å². The number of benzene rings is 2. The molecule has 0 bridgehead atoms. The molecular formula is C15H12N2OS. The van der Waals surface area contributed by atoms with Crippen LogP contribution in [0.15, 0.2) is 64.5 Å². The summed E-state index contributed by atoms with van der Waals surface area (Å²) in [6.07, 6.45) is 1.93. The first kappa shape index (κ1) is 12.0. The van der Waals surface area contributed by atoms with Gasteiger partial charge < -0.3 is 0 Å². The highest BCUT2D eigenvalue weighted by molar-refractivity contribution is 7.98. The molecule has 3 rings (SSSR count). The third kappa shape index (κ3) is 2.04. The number of fused-ring (bicyclic) bond motifs is 1. The second-order valence-corrected chi connectivity index (χ2v) is 4.87. The molecule has 0 spiro atoms. The maximum absolute atomic E-state index is 12.6. The fourth-order valence-electron chi connectivity index (χ4n) is 2.05. The monoisotopic (exact) mass is 268 g/mol. The molecule has 1 aromatic heterocycles. The maximum Gasteiger partial charge on any atom is 0.266 e. The SMILES string of the molecule is CSc1nc2ccccc2c(=O)n1-c1ccccc1. The lowest BCUT2D eigenvalue weighted by molar-refractivity contribution is 0.821. The first-order valence-corrected chi connectivity index (χ1v) is 7.15. The van der Waals surface area contributed by atoms with Crippen LogP contribution in [0.25, 0.3) is 16.6 Å². The number of rotatable bonds is 2. The molecule has 2 aromatic carbocycles. The molecule has 0 unspecified atom stereocenters. The van der Waals surface area contributed by atoms with Crippen LogP contribution in [0.5, 0.6) is 0 Å². The number of aromatic nitrogens is 2. The third-order valence-corrected chi connectivity index (χ3v) is 3.58. The Morgan fingerprint density at radius 1 is 1.00 bits per heavy atom. The molecule has 0 aliphatic heterocycles. The Morgan fingerprint density at radius 3 is 2.42 bits per heavy atom. The topological polar surface area (TPSA) is 34.9 Å². The van der Waals surface area contributed by atoms with E-state index in [1.165, 1.54) is 11.8 Å². The normalized spacial score (nSPS) is 10.8. The molecule has 3 nitrogen and oxygen atoms in total. The van der Waals surface area contributed by atoms with Crippen LogP contribution in [0.3, 0.4) is 0 Å². The summed E-state index contributed by atoms with van der Waals surface area (Å²) in [5, 5.41) is 1.35. The van der Waals surface area contributed by atoms with Crippen molar-refractivity contribution in [2.45, 2.75) is 5.16 Å². The summed E-state index contributed by atoms with van der Waals surface area (Å²) in [7, 11) is 0. The summed E-state index contributed by atoms with van der Waals surface area (Å²) < 4.78 is 1.66. The van der Waals surface area contributed by atoms with Gasteiger partial charge in [0.15, 0.2) is 5.16 Å². The van der Waals surface area contributed by atoms with E-state index in [1.54, 1.807) is 4.57 Å². The largest absolute Gasteiger partial charge is 0.268 e. The van der Waals surface area contributed by atoms with Crippen molar-refractivity contribution in [1.29, 1.82) is 0 Å². The lowest BCUT2D eigenvalue weighted by Crippen LogP contribution is -2.21. The quantitative estimate of drug-likeness (QED) is 0.529. The molecule has 0 atom stereocenters. The zero-order valence-electron chi connectivity index (χ0n) is 10.4. The van der Waals surface area contributed by atoms with E-state index < -0.39 is 0 Å². The highest BCUT2D eigenvalue weighted by Crippen LogP contribution is 2.18. The average molecular weight is 268 g/mol. The number of hydrogen-bond donors (Lipinski definition) is 0. The van der Waals surface area contributed by atoms with Crippen molar-refractivity contribution in [3.63, 3.8) is 0 Å². The van der Waals surface area contributed by atoms with Crippen molar-refractivity contribution in [3.8, 4) is 5.69 Å². The minimum atomic E-state index is -0.0267. The van der Waals surface area contributed by atoms with Crippen molar-refractivity contribution in [2.75, 3.05) is 6.26 Å². The van der Waals surface area contributed by atoms with Gasteiger partial charge >= 0.3 is 0 Å². The number of thioether (sulfide) groups is 1. The smallest absolute Gasteiger partial charge is 0.266 e. The zero-order chi connectivity index (χ0) is 13.2. The van der Waals surface area contributed by atoms with Gasteiger partial charge in [-0.05, 0) is 30.5 Å². The van der Waals surface area contributed by atoms with Gasteiger partial charge in [0.2, 0.25) is 0 Å². The van der Waals surface area contributed by atoms with E-state index in [-0.39, 0.29) is 5.56 Å². The molecule has 0 N–H and O–H groups in total. The average Bonchev–Trinajstić information content (AvgIpc) is 2.48. The Labute approximate surface area is 114 Å². The molecule has 0 aliphatic rings. The Hall–Kier alpha value is -2.07. The molecule has 1 heterocycles. The van der Waals surface area contributed by atoms with E-state index in [4.69, 9.17) is 0 Å². The molecule has 0 aliphatic carbocycles. The summed E-state index contributed by atoms with van der Waals surface area (Å²) in [6.45, 7) is 0. The highest BCUT2D eigenvalue weighted by Gasteiger charge is 2.11. The minimum absolute atomic E-state index is 0.0267. The molecule has 0 saturated carbocycles. The van der Waals surface area contributed by atoms with Gasteiger partial charge in [-0.25, -0.2) is 4.98 Å². The van der Waals surface area contributed by atoms with Gasteiger partial charge in [-0.3, -0.25) is 9.36 Å². The summed E-state index contributed by atoms with van der Waals surface area (Å²) >= 11 is 1.47. The first-order valence-electron chi connectivity index (χ1n) is 5.92. The van der Waals surface area contributed by atoms with Crippen LogP contribution in [0.4, 0.5) is 0 Å². The molecule has 0 saturated heterocycles. The van der Waals surface area contributed by atoms with Gasteiger partial charge in [0.05, 0.1) is 16.6 Å². The lowest BCUT2D eigenvalue weighted by atomic mass is 10.2. The van der Waals surface area contributed by atoms with E-state index >= 15 is 0 Å². The predicted molar refractivity (Wildman–Crippen MR) is 79.1 cm³/mol. The molecular weight excluding hydrogens is 256 g/mol. The Balaban J connectivity index is 2.41. The van der Waals surface area contributed by atoms with Gasteiger partial charge in [0.25, 0.3) is 5.56 Å². The van der Waals surface area contributed by atoms with Gasteiger partial charge in [0.1, 0.15) is 0 Å². The van der Waals surface area contributed by atoms with Crippen molar-refractivity contribution >= 4 is 22.7 Å². The highest BCUT2D eigenvalue weighted by atomic mass is 32.2. The standard InChI is InChI=1S/C15H12N2OS/c1-19-15-16-13-10-6-5-9-12(13)14(18)17(15)11-7-3-2-4-8-11/h2-10H,1H3. The van der Waals surface area contributed by atoms with Crippen LogP contribution < -0.4 is 5.56 Å². The summed E-state index contributed by atoms with van der Waals surface area (Å²) in [5.74, 6) is 0. The minimum Gasteiger partial charge on any atom is -0.268 e. The molecule has 0 fully saturated rings. The fourth-order valence-corrected chi connectivity index (χ4v) is 2.61. The van der Waals surface area contributed by atoms with Crippen LogP contribution in [-0.4, -0.2) is 15.8 Å². The predicted octanol–water partition coefficient (Wildman–Crippen LogP) is 3.11. The molecule has 0 amide bonds. The van der Waals surface area contributed by atoms with Crippen molar-refractivity contribution < 1.29 is 0 Å². The van der Waals surface area contributed by atoms with Crippen LogP contribution in [0, 0.1) is 0 Å². The molecule has 3 aromatic rings. The van der Waals surface area contributed by atoms with Gasteiger partial charge in [-0.15, -0.1) is 0 Å². The first-order chi connectivity index (χ1) is 9.31. The van der Waals surface area contributed by atoms with E-state index in [0.717, 1.165) is 11.2 Å². The second kappa shape index (κ2) is 4.90. The Kier molecular flexibility index (Phi) is 3.09.